The van der Waals surface area contributed by atoms with E-state index in [2.05, 4.69) is 5.32 Å². The van der Waals surface area contributed by atoms with Gasteiger partial charge in [-0.1, -0.05) is 19.1 Å². The third-order valence-corrected chi connectivity index (χ3v) is 7.42. The van der Waals surface area contributed by atoms with Gasteiger partial charge in [-0.2, -0.15) is 0 Å². The third kappa shape index (κ3) is 4.14. The van der Waals surface area contributed by atoms with Crippen molar-refractivity contribution in [3.63, 3.8) is 0 Å². The second kappa shape index (κ2) is 8.25. The van der Waals surface area contributed by atoms with Crippen molar-refractivity contribution in [1.82, 2.24) is 15.1 Å². The fourth-order valence-electron chi connectivity index (χ4n) is 3.96. The van der Waals surface area contributed by atoms with Crippen LogP contribution in [0.5, 0.6) is 5.75 Å². The Kier molecular flexibility index (Phi) is 6.07. The van der Waals surface area contributed by atoms with Crippen LogP contribution in [-0.4, -0.2) is 73.8 Å². The first-order valence-corrected chi connectivity index (χ1v) is 11.7. The summed E-state index contributed by atoms with van der Waals surface area (Å²) in [5.41, 5.74) is -0.723. The molecule has 164 valence electrons. The predicted octanol–water partition coefficient (Wildman–Crippen LogP) is 0.888. The van der Waals surface area contributed by atoms with Gasteiger partial charge >= 0.3 is 6.03 Å². The summed E-state index contributed by atoms with van der Waals surface area (Å²) in [5.74, 6) is -0.373. The smallest absolute Gasteiger partial charge is 0.325 e. The summed E-state index contributed by atoms with van der Waals surface area (Å²) in [5, 5.41) is 2.67. The van der Waals surface area contributed by atoms with Crippen LogP contribution in [0, 0.1) is 0 Å². The number of carbonyl (C=O) groups excluding carboxylic acids is 3. The summed E-state index contributed by atoms with van der Waals surface area (Å²) >= 11 is 0. The number of sulfone groups is 1. The summed E-state index contributed by atoms with van der Waals surface area (Å²) in [6.45, 7) is 3.43. The Morgan fingerprint density at radius 3 is 2.50 bits per heavy atom. The predicted molar refractivity (Wildman–Crippen MR) is 110 cm³/mol. The number of methoxy groups -OCH3 is 1. The molecule has 9 nitrogen and oxygen atoms in total. The van der Waals surface area contributed by atoms with Crippen LogP contribution in [0.15, 0.2) is 24.3 Å². The Bertz CT molecular complexity index is 946. The van der Waals surface area contributed by atoms with Gasteiger partial charge in [0.1, 0.15) is 17.8 Å². The van der Waals surface area contributed by atoms with Crippen molar-refractivity contribution in [3.05, 3.63) is 29.8 Å². The number of carbonyl (C=O) groups is 3. The van der Waals surface area contributed by atoms with Gasteiger partial charge in [-0.05, 0) is 37.5 Å². The van der Waals surface area contributed by atoms with Crippen LogP contribution in [0.4, 0.5) is 4.79 Å². The zero-order chi connectivity index (χ0) is 22.1. The van der Waals surface area contributed by atoms with Gasteiger partial charge in [0.2, 0.25) is 5.91 Å². The van der Waals surface area contributed by atoms with Crippen LogP contribution in [0.3, 0.4) is 0 Å². The fourth-order valence-corrected chi connectivity index (χ4v) is 5.69. The minimum absolute atomic E-state index is 0.0455. The molecule has 10 heteroatoms. The second-order valence-corrected chi connectivity index (χ2v) is 10.0. The van der Waals surface area contributed by atoms with E-state index >= 15 is 0 Å². The van der Waals surface area contributed by atoms with Gasteiger partial charge < -0.3 is 15.0 Å². The molecule has 0 unspecified atom stereocenters. The van der Waals surface area contributed by atoms with Gasteiger partial charge in [-0.15, -0.1) is 0 Å². The summed E-state index contributed by atoms with van der Waals surface area (Å²) in [4.78, 5) is 41.0. The third-order valence-electron chi connectivity index (χ3n) is 5.67. The van der Waals surface area contributed by atoms with Crippen molar-refractivity contribution >= 4 is 27.7 Å². The van der Waals surface area contributed by atoms with Gasteiger partial charge in [0.15, 0.2) is 9.84 Å². The topological polar surface area (TPSA) is 113 Å². The number of urea groups is 1. The lowest BCUT2D eigenvalue weighted by Gasteiger charge is -2.29. The lowest BCUT2D eigenvalue weighted by Crippen LogP contribution is -2.48. The van der Waals surface area contributed by atoms with Gasteiger partial charge in [-0.25, -0.2) is 13.2 Å². The Hall–Kier alpha value is -2.62. The summed E-state index contributed by atoms with van der Waals surface area (Å²) in [6, 6.07) is 5.69. The Balaban J connectivity index is 1.77. The highest BCUT2D eigenvalue weighted by Crippen LogP contribution is 2.30. The van der Waals surface area contributed by atoms with Crippen molar-refractivity contribution in [2.75, 3.05) is 31.7 Å². The second-order valence-electron chi connectivity index (χ2n) is 7.82. The molecule has 0 bridgehead atoms. The van der Waals surface area contributed by atoms with E-state index in [1.54, 1.807) is 31.2 Å². The number of nitrogens with one attached hydrogen (secondary N) is 1. The Morgan fingerprint density at radius 1 is 1.30 bits per heavy atom. The number of ether oxygens (including phenoxy) is 1. The van der Waals surface area contributed by atoms with Crippen molar-refractivity contribution in [1.29, 1.82) is 0 Å². The summed E-state index contributed by atoms with van der Waals surface area (Å²) in [7, 11) is -1.63. The van der Waals surface area contributed by atoms with Crippen molar-refractivity contribution in [2.45, 2.75) is 38.3 Å². The molecule has 2 heterocycles. The van der Waals surface area contributed by atoms with E-state index < -0.39 is 45.8 Å². The van der Waals surface area contributed by atoms with Crippen LogP contribution >= 0.6 is 0 Å². The van der Waals surface area contributed by atoms with Crippen LogP contribution in [-0.2, 0) is 25.0 Å². The molecule has 0 aliphatic carbocycles. The Morgan fingerprint density at radius 2 is 1.97 bits per heavy atom. The number of nitrogens with zero attached hydrogens (tertiary/aromatic N) is 2. The quantitative estimate of drug-likeness (QED) is 0.634. The zero-order valence-electron chi connectivity index (χ0n) is 17.4. The summed E-state index contributed by atoms with van der Waals surface area (Å²) < 4.78 is 28.8. The van der Waals surface area contributed by atoms with E-state index in [0.29, 0.717) is 30.7 Å². The van der Waals surface area contributed by atoms with E-state index in [1.165, 1.54) is 12.0 Å². The van der Waals surface area contributed by atoms with Gasteiger partial charge in [-0.3, -0.25) is 14.5 Å². The number of benzene rings is 1. The van der Waals surface area contributed by atoms with Crippen LogP contribution in [0.2, 0.25) is 0 Å². The maximum atomic E-state index is 13.1. The Labute approximate surface area is 176 Å². The van der Waals surface area contributed by atoms with E-state index in [1.807, 2.05) is 6.92 Å². The number of rotatable bonds is 7. The molecule has 0 aromatic heterocycles. The number of hydrogen-bond acceptors (Lipinski definition) is 6. The molecule has 0 radical (unpaired) electrons. The van der Waals surface area contributed by atoms with E-state index in [-0.39, 0.29) is 11.5 Å². The lowest BCUT2D eigenvalue weighted by atomic mass is 9.92. The number of hydrogen-bond donors (Lipinski definition) is 1. The standard InChI is InChI=1S/C20H27N3O6S/c1-4-10-22(15-9-11-30(27,28)13-15)17(24)12-23-18(25)20(2,21-19(23)26)14-5-7-16(29-3)8-6-14/h5-8,15H,4,9-13H2,1-3H3,(H,21,26)/t15-,20-/m0/s1. The molecule has 3 rings (SSSR count). The SMILES string of the molecule is CCCN(C(=O)CN1C(=O)N[C@@](C)(c2ccc(OC)cc2)C1=O)[C@H]1CCS(=O)(=O)C1. The largest absolute Gasteiger partial charge is 0.497 e. The highest BCUT2D eigenvalue weighted by atomic mass is 32.2. The van der Waals surface area contributed by atoms with Gasteiger partial charge in [0.05, 0.1) is 18.6 Å². The normalized spacial score (nSPS) is 25.3. The van der Waals surface area contributed by atoms with E-state index in [4.69, 9.17) is 4.74 Å². The van der Waals surface area contributed by atoms with Crippen molar-refractivity contribution < 1.29 is 27.5 Å². The summed E-state index contributed by atoms with van der Waals surface area (Å²) in [6.07, 6.45) is 1.02. The number of imide groups is 1. The monoisotopic (exact) mass is 437 g/mol. The molecule has 2 saturated heterocycles. The minimum Gasteiger partial charge on any atom is -0.497 e. The lowest BCUT2D eigenvalue weighted by molar-refractivity contribution is -0.140. The van der Waals surface area contributed by atoms with Crippen LogP contribution in [0.1, 0.15) is 32.3 Å². The fraction of sp³-hybridized carbons (Fsp3) is 0.550. The maximum Gasteiger partial charge on any atom is 0.325 e. The maximum absolute atomic E-state index is 13.1. The first kappa shape index (κ1) is 22.1. The highest BCUT2D eigenvalue weighted by molar-refractivity contribution is 7.91. The molecule has 2 aliphatic rings. The van der Waals surface area contributed by atoms with Crippen molar-refractivity contribution in [2.24, 2.45) is 0 Å². The molecule has 0 saturated carbocycles. The first-order chi connectivity index (χ1) is 14.1. The van der Waals surface area contributed by atoms with E-state index in [9.17, 15) is 22.8 Å². The molecule has 0 spiro atoms. The molecule has 2 fully saturated rings. The molecular formula is C20H27N3O6S. The molecule has 1 aromatic carbocycles. The molecule has 4 amide bonds. The molecule has 2 aliphatic heterocycles. The zero-order valence-corrected chi connectivity index (χ0v) is 18.2. The minimum atomic E-state index is -3.17. The molecule has 30 heavy (non-hydrogen) atoms. The first-order valence-electron chi connectivity index (χ1n) is 9.90. The van der Waals surface area contributed by atoms with Gasteiger partial charge in [0.25, 0.3) is 5.91 Å². The van der Waals surface area contributed by atoms with Crippen LogP contribution < -0.4 is 10.1 Å². The molecule has 2 atom stereocenters. The van der Waals surface area contributed by atoms with Crippen molar-refractivity contribution in [3.8, 4) is 5.75 Å². The highest BCUT2D eigenvalue weighted by Gasteiger charge is 2.50. The number of amides is 4. The van der Waals surface area contributed by atoms with E-state index in [0.717, 1.165) is 4.90 Å². The molecule has 1 N–H and O–H groups in total. The van der Waals surface area contributed by atoms with Gasteiger partial charge in [0, 0.05) is 12.6 Å². The molecule has 1 aromatic rings. The van der Waals surface area contributed by atoms with Crippen LogP contribution in [0.25, 0.3) is 0 Å². The molecular weight excluding hydrogens is 410 g/mol. The average molecular weight is 438 g/mol. The average Bonchev–Trinajstić information content (AvgIpc) is 3.17.